The van der Waals surface area contributed by atoms with Crippen LogP contribution in [-0.2, 0) is 11.2 Å². The van der Waals surface area contributed by atoms with Gasteiger partial charge in [-0.25, -0.2) is 4.98 Å². The first-order valence-corrected chi connectivity index (χ1v) is 9.94. The van der Waals surface area contributed by atoms with E-state index in [0.29, 0.717) is 13.0 Å². The Kier molecular flexibility index (Phi) is 7.75. The highest BCUT2D eigenvalue weighted by Gasteiger charge is 2.24. The van der Waals surface area contributed by atoms with Gasteiger partial charge in [0.1, 0.15) is 6.04 Å². The van der Waals surface area contributed by atoms with Gasteiger partial charge in [-0.3, -0.25) is 4.79 Å². The Labute approximate surface area is 176 Å². The van der Waals surface area contributed by atoms with Crippen LogP contribution in [-0.4, -0.2) is 17.4 Å². The van der Waals surface area contributed by atoms with Gasteiger partial charge in [0, 0.05) is 29.7 Å². The minimum atomic E-state index is -0.689. The molecule has 0 aliphatic carbocycles. The zero-order valence-electron chi connectivity index (χ0n) is 16.4. The van der Waals surface area contributed by atoms with Crippen LogP contribution >= 0.6 is 23.7 Å². The van der Waals surface area contributed by atoms with Crippen molar-refractivity contribution >= 4 is 35.3 Å². The second kappa shape index (κ2) is 9.82. The summed E-state index contributed by atoms with van der Waals surface area (Å²) in [5, 5.41) is 3.06. The number of carbonyl (C=O) groups excluding carboxylic acids is 1. The van der Waals surface area contributed by atoms with E-state index in [1.165, 1.54) is 5.56 Å². The zero-order chi connectivity index (χ0) is 19.4. The van der Waals surface area contributed by atoms with Gasteiger partial charge in [-0.15, -0.1) is 23.7 Å². The van der Waals surface area contributed by atoms with Crippen molar-refractivity contribution < 1.29 is 4.79 Å². The third kappa shape index (κ3) is 5.19. The van der Waals surface area contributed by atoms with Gasteiger partial charge in [0.05, 0.1) is 5.01 Å². The van der Waals surface area contributed by atoms with Crippen molar-refractivity contribution in [2.24, 2.45) is 5.73 Å². The van der Waals surface area contributed by atoms with Gasteiger partial charge in [0.2, 0.25) is 5.91 Å². The molecule has 2 N–H and O–H groups in total. The van der Waals surface area contributed by atoms with Gasteiger partial charge in [0.15, 0.2) is 0 Å². The molecule has 0 bridgehead atoms. The van der Waals surface area contributed by atoms with Crippen molar-refractivity contribution in [3.8, 4) is 0 Å². The molecule has 1 aromatic heterocycles. The molecule has 4 nitrogen and oxygen atoms in total. The predicted octanol–water partition coefficient (Wildman–Crippen LogP) is 4.77. The van der Waals surface area contributed by atoms with Crippen molar-refractivity contribution in [1.29, 1.82) is 0 Å². The van der Waals surface area contributed by atoms with E-state index in [1.807, 2.05) is 54.8 Å². The lowest BCUT2D eigenvalue weighted by atomic mass is 10.0. The van der Waals surface area contributed by atoms with Crippen molar-refractivity contribution in [2.45, 2.75) is 33.2 Å². The summed E-state index contributed by atoms with van der Waals surface area (Å²) in [6.07, 6.45) is 0.707. The summed E-state index contributed by atoms with van der Waals surface area (Å²) in [4.78, 5) is 19.6. The maximum atomic E-state index is 13.3. The summed E-state index contributed by atoms with van der Waals surface area (Å²) in [5.41, 5.74) is 11.4. The molecule has 6 heteroatoms. The van der Waals surface area contributed by atoms with Crippen molar-refractivity contribution in [2.75, 3.05) is 11.4 Å². The van der Waals surface area contributed by atoms with Crippen molar-refractivity contribution in [3.63, 3.8) is 0 Å². The van der Waals surface area contributed by atoms with E-state index in [-0.39, 0.29) is 18.3 Å². The molecule has 3 rings (SSSR count). The van der Waals surface area contributed by atoms with E-state index < -0.39 is 6.04 Å². The van der Waals surface area contributed by atoms with E-state index in [2.05, 4.69) is 24.9 Å². The number of thiazole rings is 1. The quantitative estimate of drug-likeness (QED) is 0.631. The van der Waals surface area contributed by atoms with Gasteiger partial charge in [0.25, 0.3) is 0 Å². The lowest BCUT2D eigenvalue weighted by Gasteiger charge is -2.26. The highest BCUT2D eigenvalue weighted by atomic mass is 35.5. The van der Waals surface area contributed by atoms with Crippen LogP contribution in [0.3, 0.4) is 0 Å². The number of amides is 1. The van der Waals surface area contributed by atoms with Crippen LogP contribution in [0.4, 0.5) is 5.69 Å². The smallest absolute Gasteiger partial charge is 0.248 e. The molecule has 0 radical (unpaired) electrons. The summed E-state index contributed by atoms with van der Waals surface area (Å²) < 4.78 is 0. The first-order chi connectivity index (χ1) is 13.0. The van der Waals surface area contributed by atoms with E-state index in [0.717, 1.165) is 27.5 Å². The minimum Gasteiger partial charge on any atom is -0.316 e. The molecule has 3 aromatic rings. The molecule has 1 heterocycles. The number of aryl methyl sites for hydroxylation is 3. The summed E-state index contributed by atoms with van der Waals surface area (Å²) in [5.74, 6) is -0.0993. The number of benzene rings is 2. The molecule has 2 aromatic carbocycles. The van der Waals surface area contributed by atoms with Gasteiger partial charge in [-0.05, 0) is 49.6 Å². The fourth-order valence-electron chi connectivity index (χ4n) is 2.96. The summed E-state index contributed by atoms with van der Waals surface area (Å²) in [7, 11) is 0. The number of anilines is 1. The van der Waals surface area contributed by atoms with Crippen LogP contribution < -0.4 is 10.6 Å². The number of halogens is 1. The lowest BCUT2D eigenvalue weighted by molar-refractivity contribution is -0.120. The van der Waals surface area contributed by atoms with Gasteiger partial charge >= 0.3 is 0 Å². The first kappa shape index (κ1) is 22.1. The fraction of sp³-hybridized carbons (Fsp3) is 0.273. The van der Waals surface area contributed by atoms with Gasteiger partial charge < -0.3 is 10.6 Å². The third-order valence-corrected chi connectivity index (χ3v) is 5.74. The van der Waals surface area contributed by atoms with Crippen molar-refractivity contribution in [3.05, 3.63) is 81.3 Å². The number of hydrogen-bond donors (Lipinski definition) is 1. The van der Waals surface area contributed by atoms with E-state index in [1.54, 1.807) is 16.2 Å². The average molecular weight is 416 g/mol. The highest BCUT2D eigenvalue weighted by Crippen LogP contribution is 2.23. The number of hydrogen-bond acceptors (Lipinski definition) is 4. The van der Waals surface area contributed by atoms with Crippen LogP contribution in [0.2, 0.25) is 0 Å². The SMILES string of the molecule is Cc1csc(CCN(C(=O)[C@@H](N)c2ccccc2)c2ccc(C)c(C)c2)n1.Cl. The largest absolute Gasteiger partial charge is 0.316 e. The minimum absolute atomic E-state index is 0. The molecule has 148 valence electrons. The summed E-state index contributed by atoms with van der Waals surface area (Å²) in [6.45, 7) is 6.66. The van der Waals surface area contributed by atoms with E-state index in [4.69, 9.17) is 5.73 Å². The monoisotopic (exact) mass is 415 g/mol. The Morgan fingerprint density at radius 3 is 2.43 bits per heavy atom. The maximum absolute atomic E-state index is 13.3. The molecule has 0 aliphatic rings. The molecule has 0 saturated heterocycles. The first-order valence-electron chi connectivity index (χ1n) is 9.06. The predicted molar refractivity (Wildman–Crippen MR) is 119 cm³/mol. The Bertz CT molecular complexity index is 927. The number of rotatable bonds is 6. The molecule has 0 spiro atoms. The maximum Gasteiger partial charge on any atom is 0.248 e. The Morgan fingerprint density at radius 2 is 1.82 bits per heavy atom. The number of nitrogens with two attached hydrogens (primary N) is 1. The van der Waals surface area contributed by atoms with Crippen LogP contribution in [0.15, 0.2) is 53.9 Å². The fourth-order valence-corrected chi connectivity index (χ4v) is 3.72. The molecule has 1 amide bonds. The molecular formula is C22H26ClN3OS. The second-order valence-electron chi connectivity index (χ2n) is 6.78. The van der Waals surface area contributed by atoms with Crippen LogP contribution in [0, 0.1) is 20.8 Å². The summed E-state index contributed by atoms with van der Waals surface area (Å²) in [6, 6.07) is 14.9. The van der Waals surface area contributed by atoms with Crippen LogP contribution in [0.25, 0.3) is 0 Å². The Hall–Kier alpha value is -2.21. The molecule has 0 saturated carbocycles. The molecular weight excluding hydrogens is 390 g/mol. The number of nitrogens with zero attached hydrogens (tertiary/aromatic N) is 2. The van der Waals surface area contributed by atoms with E-state index in [9.17, 15) is 4.79 Å². The molecule has 0 aliphatic heterocycles. The molecule has 0 fully saturated rings. The van der Waals surface area contributed by atoms with Crippen LogP contribution in [0.5, 0.6) is 0 Å². The van der Waals surface area contributed by atoms with E-state index >= 15 is 0 Å². The Morgan fingerprint density at radius 1 is 1.11 bits per heavy atom. The second-order valence-corrected chi connectivity index (χ2v) is 7.72. The Balaban J connectivity index is 0.00000280. The van der Waals surface area contributed by atoms with Gasteiger partial charge in [-0.1, -0.05) is 36.4 Å². The number of carbonyl (C=O) groups is 1. The number of aromatic nitrogens is 1. The molecule has 1 atom stereocenters. The highest BCUT2D eigenvalue weighted by molar-refractivity contribution is 7.09. The summed E-state index contributed by atoms with van der Waals surface area (Å²) >= 11 is 1.63. The normalized spacial score (nSPS) is 11.6. The molecule has 0 unspecified atom stereocenters. The topological polar surface area (TPSA) is 59.2 Å². The average Bonchev–Trinajstić information content (AvgIpc) is 3.09. The lowest BCUT2D eigenvalue weighted by Crippen LogP contribution is -2.40. The van der Waals surface area contributed by atoms with Gasteiger partial charge in [-0.2, -0.15) is 0 Å². The molecule has 28 heavy (non-hydrogen) atoms. The van der Waals surface area contributed by atoms with Crippen molar-refractivity contribution in [1.82, 2.24) is 4.98 Å². The standard InChI is InChI=1S/C22H25N3OS.ClH/c1-15-9-10-19(13-16(15)2)25(12-11-20-24-17(3)14-27-20)22(26)21(23)18-7-5-4-6-8-18;/h4-10,13-14,21H,11-12,23H2,1-3H3;1H/t21-;/m0./s1. The zero-order valence-corrected chi connectivity index (χ0v) is 18.0. The van der Waals surface area contributed by atoms with Crippen LogP contribution in [0.1, 0.15) is 33.4 Å². The third-order valence-electron chi connectivity index (χ3n) is 4.71.